The third kappa shape index (κ3) is 7.72. The number of ether oxygens (including phenoxy) is 3. The van der Waals surface area contributed by atoms with Gasteiger partial charge < -0.3 is 29.5 Å². The zero-order valence-corrected chi connectivity index (χ0v) is 23.9. The predicted molar refractivity (Wildman–Crippen MR) is 147 cm³/mol. The molecule has 2 aliphatic rings. The van der Waals surface area contributed by atoms with Crippen molar-refractivity contribution >= 4 is 17.8 Å². The summed E-state index contributed by atoms with van der Waals surface area (Å²) in [5, 5.41) is 14.2. The molecule has 2 N–H and O–H groups in total. The Morgan fingerprint density at radius 1 is 1.00 bits per heavy atom. The van der Waals surface area contributed by atoms with Gasteiger partial charge in [-0.15, -0.1) is 0 Å². The molecule has 1 atom stereocenters. The Labute approximate surface area is 242 Å². The van der Waals surface area contributed by atoms with Gasteiger partial charge >= 0.3 is 6.03 Å². The van der Waals surface area contributed by atoms with Crippen LogP contribution >= 0.6 is 0 Å². The molecule has 2 saturated heterocycles. The second-order valence-electron chi connectivity index (χ2n) is 11.1. The zero-order chi connectivity index (χ0) is 30.5. The van der Waals surface area contributed by atoms with Crippen LogP contribution < -0.4 is 14.8 Å². The smallest absolute Gasteiger partial charge is 0.325 e. The summed E-state index contributed by atoms with van der Waals surface area (Å²) >= 11 is 0. The lowest BCUT2D eigenvalue weighted by Crippen LogP contribution is -2.52. The molecule has 0 saturated carbocycles. The van der Waals surface area contributed by atoms with Gasteiger partial charge in [-0.05, 0) is 43.7 Å². The van der Waals surface area contributed by atoms with Crippen LogP contribution in [-0.4, -0.2) is 108 Å². The van der Waals surface area contributed by atoms with Gasteiger partial charge in [0.25, 0.3) is 5.91 Å². The number of hydrogen-bond donors (Lipinski definition) is 2. The van der Waals surface area contributed by atoms with Crippen molar-refractivity contribution < 1.29 is 42.5 Å². The summed E-state index contributed by atoms with van der Waals surface area (Å²) in [5.41, 5.74) is -1.53. The lowest BCUT2D eigenvalue weighted by Gasteiger charge is -2.33. The molecular formula is C29H36F2N4O7. The van der Waals surface area contributed by atoms with Gasteiger partial charge in [0.05, 0.1) is 13.1 Å². The zero-order valence-electron chi connectivity index (χ0n) is 23.9. The summed E-state index contributed by atoms with van der Waals surface area (Å²) in [7, 11) is 1.41. The van der Waals surface area contributed by atoms with E-state index in [9.17, 15) is 28.3 Å². The highest BCUT2D eigenvalue weighted by Crippen LogP contribution is 2.22. The Kier molecular flexibility index (Phi) is 9.64. The molecule has 11 nitrogen and oxygen atoms in total. The van der Waals surface area contributed by atoms with Crippen molar-refractivity contribution in [1.29, 1.82) is 0 Å². The number of halogens is 2. The fourth-order valence-electron chi connectivity index (χ4n) is 4.91. The van der Waals surface area contributed by atoms with E-state index in [4.69, 9.17) is 14.2 Å². The number of imide groups is 1. The number of β-amino-alcohol motifs (C(OH)–C–C–N with tert-alkyl or cyclic N) is 1. The Balaban J connectivity index is 1.37. The Hall–Kier alpha value is -3.81. The molecule has 2 aromatic carbocycles. The monoisotopic (exact) mass is 590 g/mol. The van der Waals surface area contributed by atoms with Crippen molar-refractivity contribution in [3.8, 4) is 11.5 Å². The highest BCUT2D eigenvalue weighted by molar-refractivity contribution is 6.06. The van der Waals surface area contributed by atoms with Crippen LogP contribution in [-0.2, 0) is 20.9 Å². The molecule has 2 heterocycles. The van der Waals surface area contributed by atoms with Crippen LogP contribution in [0.25, 0.3) is 0 Å². The van der Waals surface area contributed by atoms with Crippen LogP contribution in [0.2, 0.25) is 0 Å². The maximum absolute atomic E-state index is 13.7. The SMILES string of the molecule is COCC(=O)N1CCN(Cc2ccc(OCCN3C(=O)NC(C)(C)C3=O)cc2)C[C@](O)(COc2ccc(F)c(F)c2)C1. The topological polar surface area (TPSA) is 121 Å². The van der Waals surface area contributed by atoms with E-state index in [-0.39, 0.29) is 57.0 Å². The summed E-state index contributed by atoms with van der Waals surface area (Å²) in [6.07, 6.45) is 0. The van der Waals surface area contributed by atoms with Crippen molar-refractivity contribution in [2.24, 2.45) is 0 Å². The van der Waals surface area contributed by atoms with E-state index in [1.54, 1.807) is 26.0 Å². The first-order valence-corrected chi connectivity index (χ1v) is 13.5. The summed E-state index contributed by atoms with van der Waals surface area (Å²) in [6, 6.07) is 9.95. The molecule has 42 heavy (non-hydrogen) atoms. The number of carbonyl (C=O) groups is 3. The van der Waals surface area contributed by atoms with E-state index in [2.05, 4.69) is 5.32 Å². The van der Waals surface area contributed by atoms with E-state index in [0.717, 1.165) is 22.6 Å². The van der Waals surface area contributed by atoms with Gasteiger partial charge in [-0.1, -0.05) is 12.1 Å². The molecule has 0 aliphatic carbocycles. The number of carbonyl (C=O) groups excluding carboxylic acids is 3. The quantitative estimate of drug-likeness (QED) is 0.380. The average Bonchev–Trinajstić information content (AvgIpc) is 3.04. The van der Waals surface area contributed by atoms with Crippen LogP contribution in [0.3, 0.4) is 0 Å². The summed E-state index contributed by atoms with van der Waals surface area (Å²) < 4.78 is 43.3. The largest absolute Gasteiger partial charge is 0.492 e. The van der Waals surface area contributed by atoms with Crippen LogP contribution in [0.1, 0.15) is 19.4 Å². The van der Waals surface area contributed by atoms with E-state index in [1.165, 1.54) is 18.1 Å². The van der Waals surface area contributed by atoms with Gasteiger partial charge in [-0.3, -0.25) is 19.4 Å². The minimum Gasteiger partial charge on any atom is -0.492 e. The van der Waals surface area contributed by atoms with Crippen molar-refractivity contribution in [2.45, 2.75) is 31.5 Å². The second-order valence-corrected chi connectivity index (χ2v) is 11.1. The minimum atomic E-state index is -1.51. The standard InChI is InChI=1S/C29H36F2N4O7/c1-28(2)26(37)35(27(38)32-28)12-13-41-21-6-4-20(5-7-21)15-33-10-11-34(25(36)16-40-3)18-29(39,17-33)19-42-22-8-9-23(30)24(31)14-22/h4-9,14,39H,10-13,15-19H2,1-3H3,(H,32,38)/t29-/m1/s1. The third-order valence-corrected chi connectivity index (χ3v) is 7.07. The normalized spacial score (nSPS) is 20.8. The van der Waals surface area contributed by atoms with Crippen molar-refractivity contribution in [2.75, 3.05) is 59.7 Å². The number of nitrogens with zero attached hydrogens (tertiary/aromatic N) is 3. The highest BCUT2D eigenvalue weighted by Gasteiger charge is 2.44. The predicted octanol–water partition coefficient (Wildman–Crippen LogP) is 1.77. The van der Waals surface area contributed by atoms with E-state index < -0.39 is 28.8 Å². The number of rotatable bonds is 11. The van der Waals surface area contributed by atoms with Crippen molar-refractivity contribution in [3.63, 3.8) is 0 Å². The third-order valence-electron chi connectivity index (χ3n) is 7.07. The Morgan fingerprint density at radius 2 is 1.71 bits per heavy atom. The fraction of sp³-hybridized carbons (Fsp3) is 0.483. The Morgan fingerprint density at radius 3 is 2.36 bits per heavy atom. The van der Waals surface area contributed by atoms with Gasteiger partial charge in [0.1, 0.15) is 42.5 Å². The van der Waals surface area contributed by atoms with Gasteiger partial charge in [0.2, 0.25) is 5.91 Å². The molecule has 0 aromatic heterocycles. The highest BCUT2D eigenvalue weighted by atomic mass is 19.2. The maximum Gasteiger partial charge on any atom is 0.325 e. The molecule has 228 valence electrons. The summed E-state index contributed by atoms with van der Waals surface area (Å²) in [4.78, 5) is 41.6. The second kappa shape index (κ2) is 13.0. The number of urea groups is 1. The molecule has 13 heteroatoms. The number of amides is 4. The first kappa shape index (κ1) is 31.1. The molecule has 0 bridgehead atoms. The van der Waals surface area contributed by atoms with E-state index in [1.807, 2.05) is 17.0 Å². The molecule has 4 amide bonds. The number of benzene rings is 2. The fourth-order valence-corrected chi connectivity index (χ4v) is 4.91. The van der Waals surface area contributed by atoms with Crippen LogP contribution in [0.4, 0.5) is 13.6 Å². The molecule has 0 radical (unpaired) electrons. The number of methoxy groups -OCH3 is 1. The molecule has 0 spiro atoms. The van der Waals surface area contributed by atoms with Crippen LogP contribution in [0.5, 0.6) is 11.5 Å². The van der Waals surface area contributed by atoms with Gasteiger partial charge in [-0.25, -0.2) is 13.6 Å². The molecular weight excluding hydrogens is 554 g/mol. The minimum absolute atomic E-state index is 0.0309. The number of aliphatic hydroxyl groups is 1. The van der Waals surface area contributed by atoms with Crippen molar-refractivity contribution in [3.05, 3.63) is 59.7 Å². The molecule has 4 rings (SSSR count). The molecule has 2 fully saturated rings. The van der Waals surface area contributed by atoms with Crippen LogP contribution in [0.15, 0.2) is 42.5 Å². The first-order chi connectivity index (χ1) is 19.9. The first-order valence-electron chi connectivity index (χ1n) is 13.5. The molecule has 2 aromatic rings. The van der Waals surface area contributed by atoms with Crippen molar-refractivity contribution in [1.82, 2.24) is 20.0 Å². The average molecular weight is 591 g/mol. The van der Waals surface area contributed by atoms with E-state index in [0.29, 0.717) is 25.4 Å². The summed E-state index contributed by atoms with van der Waals surface area (Å²) in [6.45, 7) is 4.51. The Bertz CT molecular complexity index is 1290. The van der Waals surface area contributed by atoms with Gasteiger partial charge in [-0.2, -0.15) is 0 Å². The van der Waals surface area contributed by atoms with Crippen LogP contribution in [0, 0.1) is 11.6 Å². The van der Waals surface area contributed by atoms with Gasteiger partial charge in [0, 0.05) is 39.4 Å². The van der Waals surface area contributed by atoms with E-state index >= 15 is 0 Å². The lowest BCUT2D eigenvalue weighted by atomic mass is 10.0. The lowest BCUT2D eigenvalue weighted by molar-refractivity contribution is -0.138. The molecule has 2 aliphatic heterocycles. The summed E-state index contributed by atoms with van der Waals surface area (Å²) in [5.74, 6) is -2.04. The molecule has 0 unspecified atom stereocenters. The van der Waals surface area contributed by atoms with Gasteiger partial charge in [0.15, 0.2) is 11.6 Å². The maximum atomic E-state index is 13.7. The number of nitrogens with one attached hydrogen (secondary N) is 1. The number of hydrogen-bond acceptors (Lipinski definition) is 8.